The van der Waals surface area contributed by atoms with Gasteiger partial charge in [-0.15, -0.1) is 0 Å². The van der Waals surface area contributed by atoms with Gasteiger partial charge in [-0.1, -0.05) is 0 Å². The average Bonchev–Trinajstić information content (AvgIpc) is 2.12. The van der Waals surface area contributed by atoms with Crippen molar-refractivity contribution in [2.45, 2.75) is 24.8 Å². The Balaban J connectivity index is 2.29. The Kier molecular flexibility index (Phi) is 2.21. The van der Waals surface area contributed by atoms with Crippen molar-refractivity contribution in [3.63, 3.8) is 0 Å². The van der Waals surface area contributed by atoms with E-state index in [-0.39, 0.29) is 19.0 Å². The van der Waals surface area contributed by atoms with Crippen LogP contribution in [0, 0.1) is 0 Å². The maximum Gasteiger partial charge on any atom is 0.261 e. The molecule has 1 aliphatic rings. The van der Waals surface area contributed by atoms with E-state index in [9.17, 15) is 8.78 Å². The summed E-state index contributed by atoms with van der Waals surface area (Å²) >= 11 is 0. The standard InChI is InChI=1S/C6H12F2N2/c7-6(8)3-5(1-2-9)10-4-6/h5,10H,1-4,9H2. The molecule has 2 nitrogen and oxygen atoms in total. The molecular weight excluding hydrogens is 138 g/mol. The minimum atomic E-state index is -2.50. The van der Waals surface area contributed by atoms with E-state index >= 15 is 0 Å². The SMILES string of the molecule is NCCC1CC(F)(F)CN1. The fourth-order valence-electron chi connectivity index (χ4n) is 1.20. The van der Waals surface area contributed by atoms with Crippen LogP contribution in [0.2, 0.25) is 0 Å². The summed E-state index contributed by atoms with van der Waals surface area (Å²) in [5.41, 5.74) is 5.21. The third kappa shape index (κ3) is 1.88. The molecule has 0 aliphatic carbocycles. The lowest BCUT2D eigenvalue weighted by molar-refractivity contribution is 0.0209. The van der Waals surface area contributed by atoms with Crippen LogP contribution in [0.5, 0.6) is 0 Å². The van der Waals surface area contributed by atoms with Crippen LogP contribution in [0.3, 0.4) is 0 Å². The van der Waals surface area contributed by atoms with E-state index in [0.717, 1.165) is 0 Å². The number of rotatable bonds is 2. The number of hydrogen-bond donors (Lipinski definition) is 2. The summed E-state index contributed by atoms with van der Waals surface area (Å²) in [4.78, 5) is 0. The lowest BCUT2D eigenvalue weighted by atomic mass is 10.1. The Morgan fingerprint density at radius 1 is 1.60 bits per heavy atom. The average molecular weight is 150 g/mol. The topological polar surface area (TPSA) is 38.0 Å². The normalized spacial score (nSPS) is 30.9. The maximum absolute atomic E-state index is 12.4. The number of alkyl halides is 2. The van der Waals surface area contributed by atoms with E-state index in [1.165, 1.54) is 0 Å². The maximum atomic E-state index is 12.4. The van der Waals surface area contributed by atoms with E-state index in [1.807, 2.05) is 0 Å². The molecule has 0 amide bonds. The molecule has 60 valence electrons. The van der Waals surface area contributed by atoms with E-state index in [1.54, 1.807) is 0 Å². The summed E-state index contributed by atoms with van der Waals surface area (Å²) in [6.07, 6.45) is 0.597. The Morgan fingerprint density at radius 2 is 2.30 bits per heavy atom. The first kappa shape index (κ1) is 7.88. The minimum absolute atomic E-state index is 0.0514. The molecule has 1 unspecified atom stereocenters. The predicted octanol–water partition coefficient (Wildman–Crippen LogP) is 0.332. The zero-order valence-electron chi connectivity index (χ0n) is 5.74. The molecule has 1 fully saturated rings. The molecule has 3 N–H and O–H groups in total. The van der Waals surface area contributed by atoms with E-state index in [2.05, 4.69) is 5.32 Å². The first-order chi connectivity index (χ1) is 4.64. The molecule has 0 aromatic rings. The molecule has 0 aromatic heterocycles. The Morgan fingerprint density at radius 3 is 2.70 bits per heavy atom. The fraction of sp³-hybridized carbons (Fsp3) is 1.00. The lowest BCUT2D eigenvalue weighted by Crippen LogP contribution is -2.24. The summed E-state index contributed by atoms with van der Waals surface area (Å²) in [7, 11) is 0. The smallest absolute Gasteiger partial charge is 0.261 e. The van der Waals surface area contributed by atoms with Crippen molar-refractivity contribution in [1.29, 1.82) is 0 Å². The van der Waals surface area contributed by atoms with Crippen molar-refractivity contribution in [2.24, 2.45) is 5.73 Å². The van der Waals surface area contributed by atoms with Crippen molar-refractivity contribution in [3.8, 4) is 0 Å². The van der Waals surface area contributed by atoms with E-state index in [4.69, 9.17) is 5.73 Å². The molecule has 0 saturated carbocycles. The van der Waals surface area contributed by atoms with Crippen molar-refractivity contribution >= 4 is 0 Å². The van der Waals surface area contributed by atoms with Gasteiger partial charge in [0, 0.05) is 12.5 Å². The second kappa shape index (κ2) is 2.80. The molecule has 10 heavy (non-hydrogen) atoms. The summed E-state index contributed by atoms with van der Waals surface area (Å²) in [6.45, 7) is 0.297. The molecule has 1 aliphatic heterocycles. The highest BCUT2D eigenvalue weighted by atomic mass is 19.3. The molecule has 0 bridgehead atoms. The van der Waals surface area contributed by atoms with Crippen LogP contribution in [0.15, 0.2) is 0 Å². The summed E-state index contributed by atoms with van der Waals surface area (Å²) in [5.74, 6) is -2.50. The largest absolute Gasteiger partial charge is 0.330 e. The van der Waals surface area contributed by atoms with Gasteiger partial charge in [0.05, 0.1) is 6.54 Å². The number of halogens is 2. The molecule has 1 atom stereocenters. The molecule has 4 heteroatoms. The van der Waals surface area contributed by atoms with E-state index < -0.39 is 5.92 Å². The second-order valence-corrected chi connectivity index (χ2v) is 2.72. The van der Waals surface area contributed by atoms with Crippen molar-refractivity contribution < 1.29 is 8.78 Å². The minimum Gasteiger partial charge on any atom is -0.330 e. The second-order valence-electron chi connectivity index (χ2n) is 2.72. The zero-order chi connectivity index (χ0) is 7.61. The fourth-order valence-corrected chi connectivity index (χ4v) is 1.20. The van der Waals surface area contributed by atoms with Gasteiger partial charge in [-0.25, -0.2) is 8.78 Å². The van der Waals surface area contributed by atoms with Gasteiger partial charge in [0.15, 0.2) is 0 Å². The van der Waals surface area contributed by atoms with Crippen molar-refractivity contribution in [3.05, 3.63) is 0 Å². The van der Waals surface area contributed by atoms with Crippen LogP contribution in [0.4, 0.5) is 8.78 Å². The number of nitrogens with two attached hydrogens (primary N) is 1. The monoisotopic (exact) mass is 150 g/mol. The highest BCUT2D eigenvalue weighted by molar-refractivity contribution is 4.86. The Labute approximate surface area is 58.8 Å². The van der Waals surface area contributed by atoms with Crippen LogP contribution < -0.4 is 11.1 Å². The van der Waals surface area contributed by atoms with Crippen LogP contribution in [0.1, 0.15) is 12.8 Å². The number of nitrogens with one attached hydrogen (secondary N) is 1. The molecular formula is C6H12F2N2. The summed E-state index contributed by atoms with van der Waals surface area (Å²) < 4.78 is 24.8. The molecule has 1 saturated heterocycles. The van der Waals surface area contributed by atoms with Gasteiger partial charge in [0.1, 0.15) is 0 Å². The van der Waals surface area contributed by atoms with Crippen LogP contribution in [0.25, 0.3) is 0 Å². The van der Waals surface area contributed by atoms with Gasteiger partial charge in [-0.05, 0) is 13.0 Å². The lowest BCUT2D eigenvalue weighted by Gasteiger charge is -2.06. The molecule has 0 radical (unpaired) electrons. The molecule has 1 rings (SSSR count). The van der Waals surface area contributed by atoms with Crippen LogP contribution in [-0.4, -0.2) is 25.1 Å². The van der Waals surface area contributed by atoms with Crippen LogP contribution in [-0.2, 0) is 0 Å². The summed E-state index contributed by atoms with van der Waals surface area (Å²) in [6, 6.07) is -0.0694. The van der Waals surface area contributed by atoms with Crippen molar-refractivity contribution in [2.75, 3.05) is 13.1 Å². The quantitative estimate of drug-likeness (QED) is 0.595. The van der Waals surface area contributed by atoms with Gasteiger partial charge in [0.25, 0.3) is 5.92 Å². The van der Waals surface area contributed by atoms with Gasteiger partial charge in [0.2, 0.25) is 0 Å². The van der Waals surface area contributed by atoms with Gasteiger partial charge in [-0.3, -0.25) is 0 Å². The van der Waals surface area contributed by atoms with Gasteiger partial charge in [-0.2, -0.15) is 0 Å². The first-order valence-corrected chi connectivity index (χ1v) is 3.45. The third-order valence-electron chi connectivity index (χ3n) is 1.71. The first-order valence-electron chi connectivity index (χ1n) is 3.45. The zero-order valence-corrected chi connectivity index (χ0v) is 5.74. The predicted molar refractivity (Wildman–Crippen MR) is 35.0 cm³/mol. The molecule has 0 aromatic carbocycles. The Hall–Kier alpha value is -0.220. The van der Waals surface area contributed by atoms with Gasteiger partial charge < -0.3 is 11.1 Å². The molecule has 0 spiro atoms. The van der Waals surface area contributed by atoms with E-state index in [0.29, 0.717) is 13.0 Å². The highest BCUT2D eigenvalue weighted by Gasteiger charge is 2.38. The number of hydrogen-bond acceptors (Lipinski definition) is 2. The summed E-state index contributed by atoms with van der Waals surface area (Å²) in [5, 5.41) is 2.72. The molecule has 1 heterocycles. The third-order valence-corrected chi connectivity index (χ3v) is 1.71. The van der Waals surface area contributed by atoms with Gasteiger partial charge >= 0.3 is 0 Å². The Bertz CT molecular complexity index is 116. The highest BCUT2D eigenvalue weighted by Crippen LogP contribution is 2.25. The van der Waals surface area contributed by atoms with Crippen molar-refractivity contribution in [1.82, 2.24) is 5.32 Å². The van der Waals surface area contributed by atoms with Crippen LogP contribution >= 0.6 is 0 Å².